The van der Waals surface area contributed by atoms with Crippen molar-refractivity contribution in [3.63, 3.8) is 0 Å². The molecule has 0 unspecified atom stereocenters. The first kappa shape index (κ1) is 8.52. The van der Waals surface area contributed by atoms with E-state index >= 15 is 0 Å². The van der Waals surface area contributed by atoms with Gasteiger partial charge in [-0.1, -0.05) is 6.42 Å². The maximum Gasteiger partial charge on any atom is 0.0947 e. The molecule has 2 heteroatoms. The summed E-state index contributed by atoms with van der Waals surface area (Å²) in [6, 6.07) is 0. The Balaban J connectivity index is 1.80. The number of quaternary nitrogens is 1. The van der Waals surface area contributed by atoms with Crippen molar-refractivity contribution < 1.29 is 5.01 Å². The summed E-state index contributed by atoms with van der Waals surface area (Å²) in [4.78, 5) is 0. The molecule has 0 aliphatic carbocycles. The smallest absolute Gasteiger partial charge is 0.0947 e. The van der Waals surface area contributed by atoms with Gasteiger partial charge < -0.3 is 0 Å². The molecule has 0 aromatic heterocycles. The fraction of sp³-hybridized carbons (Fsp3) is 1.00. The van der Waals surface area contributed by atoms with Crippen LogP contribution in [0.3, 0.4) is 0 Å². The third-order valence-electron chi connectivity index (χ3n) is 3.23. The van der Waals surface area contributed by atoms with Gasteiger partial charge in [-0.25, -0.2) is 0 Å². The maximum atomic E-state index is 2.67. The van der Waals surface area contributed by atoms with Crippen molar-refractivity contribution >= 4 is 0 Å². The van der Waals surface area contributed by atoms with E-state index in [2.05, 4.69) is 5.01 Å². The molecule has 0 bridgehead atoms. The molecule has 2 nitrogen and oxygen atoms in total. The largest absolute Gasteiger partial charge is 0.255 e. The van der Waals surface area contributed by atoms with Crippen LogP contribution in [0.4, 0.5) is 0 Å². The number of piperidine rings is 2. The Morgan fingerprint density at radius 3 is 1.92 bits per heavy atom. The minimum absolute atomic E-state index is 1.36. The summed E-state index contributed by atoms with van der Waals surface area (Å²) in [5, 5.41) is 4.45. The highest BCUT2D eigenvalue weighted by atomic mass is 15.6. The zero-order valence-electron chi connectivity index (χ0n) is 8.02. The first-order valence-electron chi connectivity index (χ1n) is 5.56. The number of nitrogens with zero attached hydrogens (tertiary/aromatic N) is 1. The van der Waals surface area contributed by atoms with Gasteiger partial charge in [0, 0.05) is 13.1 Å². The van der Waals surface area contributed by atoms with Crippen LogP contribution in [0.2, 0.25) is 0 Å². The summed E-state index contributed by atoms with van der Waals surface area (Å²) in [6.07, 6.45) is 8.70. The van der Waals surface area contributed by atoms with Crippen LogP contribution < -0.4 is 5.01 Å². The van der Waals surface area contributed by atoms with Gasteiger partial charge in [-0.15, -0.1) is 0 Å². The second-order valence-electron chi connectivity index (χ2n) is 4.17. The average molecular weight is 169 g/mol. The Morgan fingerprint density at radius 2 is 1.25 bits per heavy atom. The van der Waals surface area contributed by atoms with Crippen molar-refractivity contribution in [2.45, 2.75) is 38.5 Å². The SMILES string of the molecule is C1CCN([NH+]2CCCCC2)CC1. The lowest BCUT2D eigenvalue weighted by Gasteiger charge is -2.35. The van der Waals surface area contributed by atoms with E-state index in [0.29, 0.717) is 0 Å². The standard InChI is InChI=1S/C10H20N2/c1-3-7-11(8-4-1)12-9-5-2-6-10-12/h1-10H2/p+1. The molecule has 1 N–H and O–H groups in total. The lowest BCUT2D eigenvalue weighted by Crippen LogP contribution is -3.19. The van der Waals surface area contributed by atoms with Gasteiger partial charge in [0.15, 0.2) is 0 Å². The summed E-state index contributed by atoms with van der Waals surface area (Å²) in [7, 11) is 0. The molecule has 70 valence electrons. The van der Waals surface area contributed by atoms with E-state index in [9.17, 15) is 0 Å². The minimum atomic E-state index is 1.36. The Labute approximate surface area is 75.5 Å². The first-order chi connectivity index (χ1) is 5.97. The number of nitrogens with one attached hydrogen (secondary N) is 1. The fourth-order valence-corrected chi connectivity index (χ4v) is 2.49. The summed E-state index contributed by atoms with van der Waals surface area (Å²) in [5.41, 5.74) is 0. The van der Waals surface area contributed by atoms with E-state index in [4.69, 9.17) is 0 Å². The van der Waals surface area contributed by atoms with Crippen LogP contribution in [0.5, 0.6) is 0 Å². The van der Waals surface area contributed by atoms with Crippen LogP contribution in [0.15, 0.2) is 0 Å². The van der Waals surface area contributed by atoms with Crippen molar-refractivity contribution in [1.29, 1.82) is 0 Å². The molecule has 0 saturated carbocycles. The van der Waals surface area contributed by atoms with Crippen LogP contribution in [0, 0.1) is 0 Å². The molecule has 2 heterocycles. The summed E-state index contributed by atoms with van der Waals surface area (Å²) in [5.74, 6) is 0. The highest BCUT2D eigenvalue weighted by Gasteiger charge is 2.23. The number of rotatable bonds is 1. The molecular weight excluding hydrogens is 148 g/mol. The fourth-order valence-electron chi connectivity index (χ4n) is 2.49. The van der Waals surface area contributed by atoms with Crippen molar-refractivity contribution in [3.8, 4) is 0 Å². The topological polar surface area (TPSA) is 7.68 Å². The summed E-state index contributed by atoms with van der Waals surface area (Å²) < 4.78 is 0. The van der Waals surface area contributed by atoms with Crippen molar-refractivity contribution in [1.82, 2.24) is 5.01 Å². The molecule has 0 radical (unpaired) electrons. The van der Waals surface area contributed by atoms with Crippen LogP contribution in [-0.4, -0.2) is 31.2 Å². The van der Waals surface area contributed by atoms with Crippen LogP contribution in [-0.2, 0) is 0 Å². The van der Waals surface area contributed by atoms with Crippen LogP contribution in [0.1, 0.15) is 38.5 Å². The Hall–Kier alpha value is -0.0800. The van der Waals surface area contributed by atoms with Crippen molar-refractivity contribution in [2.75, 3.05) is 26.2 Å². The lowest BCUT2D eigenvalue weighted by atomic mass is 10.1. The second kappa shape index (κ2) is 4.24. The number of hydrogen-bond donors (Lipinski definition) is 1. The van der Waals surface area contributed by atoms with E-state index in [-0.39, 0.29) is 0 Å². The number of hydrogen-bond acceptors (Lipinski definition) is 1. The predicted octanol–water partition coefficient (Wildman–Crippen LogP) is 0.456. The molecule has 0 atom stereocenters. The highest BCUT2D eigenvalue weighted by Crippen LogP contribution is 2.05. The van der Waals surface area contributed by atoms with Gasteiger partial charge in [-0.3, -0.25) is 5.01 Å². The molecule has 2 saturated heterocycles. The molecule has 2 fully saturated rings. The van der Waals surface area contributed by atoms with Gasteiger partial charge >= 0.3 is 0 Å². The zero-order chi connectivity index (χ0) is 8.23. The van der Waals surface area contributed by atoms with E-state index < -0.39 is 0 Å². The van der Waals surface area contributed by atoms with Crippen LogP contribution in [0.25, 0.3) is 0 Å². The summed E-state index contributed by atoms with van der Waals surface area (Å²) in [6.45, 7) is 5.52. The molecule has 12 heavy (non-hydrogen) atoms. The quantitative estimate of drug-likeness (QED) is 0.599. The monoisotopic (exact) mass is 169 g/mol. The molecule has 2 aliphatic heterocycles. The average Bonchev–Trinajstić information content (AvgIpc) is 2.21. The lowest BCUT2D eigenvalue weighted by molar-refractivity contribution is -1.02. The molecule has 2 aliphatic rings. The molecule has 0 aromatic rings. The van der Waals surface area contributed by atoms with Crippen molar-refractivity contribution in [3.05, 3.63) is 0 Å². The molecule has 0 amide bonds. The third-order valence-corrected chi connectivity index (χ3v) is 3.23. The Morgan fingerprint density at radius 1 is 0.667 bits per heavy atom. The van der Waals surface area contributed by atoms with E-state index in [1.165, 1.54) is 64.7 Å². The Bertz CT molecular complexity index is 108. The molecule has 2 rings (SSSR count). The normalized spacial score (nSPS) is 29.0. The van der Waals surface area contributed by atoms with Gasteiger partial charge in [0.05, 0.1) is 13.1 Å². The van der Waals surface area contributed by atoms with Gasteiger partial charge in [-0.05, 0) is 32.1 Å². The third kappa shape index (κ3) is 1.99. The van der Waals surface area contributed by atoms with E-state index in [1.54, 1.807) is 5.01 Å². The summed E-state index contributed by atoms with van der Waals surface area (Å²) >= 11 is 0. The Kier molecular flexibility index (Phi) is 3.01. The first-order valence-corrected chi connectivity index (χ1v) is 5.56. The van der Waals surface area contributed by atoms with Crippen LogP contribution >= 0.6 is 0 Å². The second-order valence-corrected chi connectivity index (χ2v) is 4.17. The maximum absolute atomic E-state index is 2.67. The van der Waals surface area contributed by atoms with E-state index in [0.717, 1.165) is 0 Å². The predicted molar refractivity (Wildman–Crippen MR) is 50.0 cm³/mol. The van der Waals surface area contributed by atoms with Gasteiger partial charge in [0.25, 0.3) is 0 Å². The highest BCUT2D eigenvalue weighted by molar-refractivity contribution is 4.56. The van der Waals surface area contributed by atoms with E-state index in [1.807, 2.05) is 0 Å². The zero-order valence-corrected chi connectivity index (χ0v) is 8.02. The molecule has 0 aromatic carbocycles. The van der Waals surface area contributed by atoms with Gasteiger partial charge in [0.1, 0.15) is 0 Å². The van der Waals surface area contributed by atoms with Gasteiger partial charge in [-0.2, -0.15) is 5.01 Å². The minimum Gasteiger partial charge on any atom is -0.255 e. The van der Waals surface area contributed by atoms with Crippen molar-refractivity contribution in [2.24, 2.45) is 0 Å². The van der Waals surface area contributed by atoms with Gasteiger partial charge in [0.2, 0.25) is 0 Å². The molecule has 0 spiro atoms. The molecular formula is C10H21N2+.